The van der Waals surface area contributed by atoms with Crippen LogP contribution >= 0.6 is 11.8 Å². The zero-order chi connectivity index (χ0) is 13.1. The average Bonchev–Trinajstić information content (AvgIpc) is 2.66. The molecule has 0 unspecified atom stereocenters. The standard InChI is InChI=1S/C14H18N2OS/c1-4-16-9-15-11(3)14(16)8-18-13-6-10(2)5-12(17)7-13/h5-7,9,17H,4,8H2,1-3H3. The van der Waals surface area contributed by atoms with Crippen molar-refractivity contribution in [3.05, 3.63) is 41.5 Å². The second kappa shape index (κ2) is 5.48. The predicted molar refractivity (Wildman–Crippen MR) is 75.0 cm³/mol. The first kappa shape index (κ1) is 13.0. The van der Waals surface area contributed by atoms with Crippen molar-refractivity contribution in [2.75, 3.05) is 0 Å². The molecule has 3 nitrogen and oxygen atoms in total. The number of rotatable bonds is 4. The van der Waals surface area contributed by atoms with E-state index in [1.165, 1.54) is 5.69 Å². The van der Waals surface area contributed by atoms with Crippen LogP contribution in [0.1, 0.15) is 23.9 Å². The molecule has 1 heterocycles. The van der Waals surface area contributed by atoms with Crippen LogP contribution in [-0.4, -0.2) is 14.7 Å². The van der Waals surface area contributed by atoms with Crippen LogP contribution in [0.4, 0.5) is 0 Å². The molecular weight excluding hydrogens is 244 g/mol. The minimum atomic E-state index is 0.332. The molecule has 0 atom stereocenters. The van der Waals surface area contributed by atoms with Crippen LogP contribution in [0.15, 0.2) is 29.4 Å². The zero-order valence-corrected chi connectivity index (χ0v) is 11.8. The smallest absolute Gasteiger partial charge is 0.116 e. The SMILES string of the molecule is CCn1cnc(C)c1CSc1cc(C)cc(O)c1. The van der Waals surface area contributed by atoms with Crippen molar-refractivity contribution in [2.45, 2.75) is 38.0 Å². The zero-order valence-electron chi connectivity index (χ0n) is 11.0. The fraction of sp³-hybridized carbons (Fsp3) is 0.357. The van der Waals surface area contributed by atoms with Crippen molar-refractivity contribution >= 4 is 11.8 Å². The first-order chi connectivity index (χ1) is 8.60. The van der Waals surface area contributed by atoms with E-state index in [1.807, 2.05) is 20.2 Å². The summed E-state index contributed by atoms with van der Waals surface area (Å²) in [7, 11) is 0. The first-order valence-corrected chi connectivity index (χ1v) is 7.02. The lowest BCUT2D eigenvalue weighted by molar-refractivity contribution is 0.473. The molecule has 0 radical (unpaired) electrons. The summed E-state index contributed by atoms with van der Waals surface area (Å²) in [5.74, 6) is 1.21. The first-order valence-electron chi connectivity index (χ1n) is 6.04. The summed E-state index contributed by atoms with van der Waals surface area (Å²) in [5, 5.41) is 9.58. The topological polar surface area (TPSA) is 38.0 Å². The normalized spacial score (nSPS) is 10.8. The van der Waals surface area contributed by atoms with Gasteiger partial charge in [0.25, 0.3) is 0 Å². The molecule has 0 amide bonds. The van der Waals surface area contributed by atoms with Crippen molar-refractivity contribution in [3.8, 4) is 5.75 Å². The van der Waals surface area contributed by atoms with Crippen molar-refractivity contribution in [3.63, 3.8) is 0 Å². The van der Waals surface area contributed by atoms with Crippen molar-refractivity contribution in [1.29, 1.82) is 0 Å². The number of benzene rings is 1. The van der Waals surface area contributed by atoms with Crippen LogP contribution in [0.5, 0.6) is 5.75 Å². The van der Waals surface area contributed by atoms with Crippen LogP contribution in [-0.2, 0) is 12.3 Å². The molecule has 0 spiro atoms. The minimum absolute atomic E-state index is 0.332. The van der Waals surface area contributed by atoms with Gasteiger partial charge in [-0.05, 0) is 44.5 Å². The number of thioether (sulfide) groups is 1. The Labute approximate surface area is 112 Å². The minimum Gasteiger partial charge on any atom is -0.508 e. The third kappa shape index (κ3) is 2.88. The van der Waals surface area contributed by atoms with E-state index in [9.17, 15) is 5.11 Å². The molecular formula is C14H18N2OS. The maximum atomic E-state index is 9.58. The Bertz CT molecular complexity index is 528. The van der Waals surface area contributed by atoms with Gasteiger partial charge in [0, 0.05) is 17.2 Å². The molecule has 0 aliphatic carbocycles. The number of nitrogens with zero attached hydrogens (tertiary/aromatic N) is 2. The monoisotopic (exact) mass is 262 g/mol. The second-order valence-corrected chi connectivity index (χ2v) is 5.40. The van der Waals surface area contributed by atoms with Crippen molar-refractivity contribution in [1.82, 2.24) is 9.55 Å². The van der Waals surface area contributed by atoms with Gasteiger partial charge >= 0.3 is 0 Å². The molecule has 2 rings (SSSR count). The van der Waals surface area contributed by atoms with Gasteiger partial charge in [0.15, 0.2) is 0 Å². The maximum Gasteiger partial charge on any atom is 0.116 e. The number of phenolic OH excluding ortho intramolecular Hbond substituents is 1. The highest BCUT2D eigenvalue weighted by molar-refractivity contribution is 7.98. The van der Waals surface area contributed by atoms with Crippen molar-refractivity contribution < 1.29 is 5.11 Å². The number of phenols is 1. The van der Waals surface area contributed by atoms with Gasteiger partial charge in [-0.1, -0.05) is 0 Å². The van der Waals surface area contributed by atoms with Gasteiger partial charge in [-0.25, -0.2) is 4.98 Å². The highest BCUT2D eigenvalue weighted by Gasteiger charge is 2.07. The Kier molecular flexibility index (Phi) is 3.97. The van der Waals surface area contributed by atoms with Crippen LogP contribution in [0.3, 0.4) is 0 Å². The van der Waals surface area contributed by atoms with Gasteiger partial charge in [-0.2, -0.15) is 0 Å². The van der Waals surface area contributed by atoms with E-state index in [0.717, 1.165) is 28.5 Å². The Balaban J connectivity index is 2.13. The molecule has 1 aromatic carbocycles. The van der Waals surface area contributed by atoms with Gasteiger partial charge in [0.05, 0.1) is 17.7 Å². The summed E-state index contributed by atoms with van der Waals surface area (Å²) in [6.45, 7) is 7.09. The van der Waals surface area contributed by atoms with Gasteiger partial charge < -0.3 is 9.67 Å². The number of imidazole rings is 1. The van der Waals surface area contributed by atoms with Gasteiger partial charge in [0.2, 0.25) is 0 Å². The second-order valence-electron chi connectivity index (χ2n) is 4.36. The molecule has 18 heavy (non-hydrogen) atoms. The lowest BCUT2D eigenvalue weighted by Crippen LogP contribution is -1.98. The van der Waals surface area contributed by atoms with E-state index in [4.69, 9.17) is 0 Å². The molecule has 0 saturated heterocycles. The average molecular weight is 262 g/mol. The molecule has 0 bridgehead atoms. The lowest BCUT2D eigenvalue weighted by atomic mass is 10.2. The van der Waals surface area contributed by atoms with Crippen LogP contribution in [0.2, 0.25) is 0 Å². The Hall–Kier alpha value is -1.42. The summed E-state index contributed by atoms with van der Waals surface area (Å²) in [6, 6.07) is 5.66. The largest absolute Gasteiger partial charge is 0.508 e. The molecule has 2 aromatic rings. The number of aromatic nitrogens is 2. The fourth-order valence-corrected chi connectivity index (χ4v) is 3.08. The van der Waals surface area contributed by atoms with E-state index in [2.05, 4.69) is 22.5 Å². The Morgan fingerprint density at radius 2 is 2.06 bits per heavy atom. The van der Waals surface area contributed by atoms with Gasteiger partial charge in [0.1, 0.15) is 5.75 Å². The molecule has 0 aliphatic heterocycles. The number of aromatic hydroxyl groups is 1. The number of hydrogen-bond donors (Lipinski definition) is 1. The summed E-state index contributed by atoms with van der Waals surface area (Å²) < 4.78 is 2.16. The highest BCUT2D eigenvalue weighted by atomic mass is 32.2. The van der Waals surface area contributed by atoms with Crippen LogP contribution in [0, 0.1) is 13.8 Å². The maximum absolute atomic E-state index is 9.58. The van der Waals surface area contributed by atoms with Gasteiger partial charge in [-0.3, -0.25) is 0 Å². The van der Waals surface area contributed by atoms with E-state index in [1.54, 1.807) is 23.9 Å². The van der Waals surface area contributed by atoms with Gasteiger partial charge in [-0.15, -0.1) is 11.8 Å². The molecule has 0 fully saturated rings. The van der Waals surface area contributed by atoms with E-state index in [0.29, 0.717) is 5.75 Å². The Morgan fingerprint density at radius 3 is 2.72 bits per heavy atom. The predicted octanol–water partition coefficient (Wildman–Crippen LogP) is 3.52. The van der Waals surface area contributed by atoms with E-state index in [-0.39, 0.29) is 0 Å². The molecule has 1 N–H and O–H groups in total. The third-order valence-corrected chi connectivity index (χ3v) is 3.89. The molecule has 0 aliphatic rings. The molecule has 96 valence electrons. The lowest BCUT2D eigenvalue weighted by Gasteiger charge is -2.07. The quantitative estimate of drug-likeness (QED) is 0.857. The van der Waals surface area contributed by atoms with E-state index >= 15 is 0 Å². The summed E-state index contributed by atoms with van der Waals surface area (Å²) in [4.78, 5) is 5.43. The van der Waals surface area contributed by atoms with Crippen molar-refractivity contribution in [2.24, 2.45) is 0 Å². The van der Waals surface area contributed by atoms with Crippen LogP contribution in [0.25, 0.3) is 0 Å². The summed E-state index contributed by atoms with van der Waals surface area (Å²) >= 11 is 1.73. The molecule has 0 saturated carbocycles. The summed E-state index contributed by atoms with van der Waals surface area (Å²) in [5.41, 5.74) is 3.42. The molecule has 1 aromatic heterocycles. The highest BCUT2D eigenvalue weighted by Crippen LogP contribution is 2.28. The van der Waals surface area contributed by atoms with Crippen LogP contribution < -0.4 is 0 Å². The Morgan fingerprint density at radius 1 is 1.28 bits per heavy atom. The molecule has 4 heteroatoms. The fourth-order valence-electron chi connectivity index (χ4n) is 1.93. The number of aryl methyl sites for hydroxylation is 3. The third-order valence-electron chi connectivity index (χ3n) is 2.91. The van der Waals surface area contributed by atoms with E-state index < -0.39 is 0 Å². The number of hydrogen-bond acceptors (Lipinski definition) is 3. The summed E-state index contributed by atoms with van der Waals surface area (Å²) in [6.07, 6.45) is 1.89.